The number of rotatable bonds is 6. The molecule has 4 aromatic rings. The van der Waals surface area contributed by atoms with E-state index in [4.69, 9.17) is 4.74 Å². The summed E-state index contributed by atoms with van der Waals surface area (Å²) >= 11 is 2.80. The average Bonchev–Trinajstić information content (AvgIpc) is 3.43. The molecule has 0 spiro atoms. The summed E-state index contributed by atoms with van der Waals surface area (Å²) < 4.78 is 7.62. The molecule has 0 radical (unpaired) electrons. The van der Waals surface area contributed by atoms with Crippen molar-refractivity contribution in [3.63, 3.8) is 0 Å². The minimum absolute atomic E-state index is 0.166. The minimum atomic E-state index is -0.166. The average molecular weight is 439 g/mol. The molecule has 1 amide bonds. The second-order valence-corrected chi connectivity index (χ2v) is 8.92. The second kappa shape index (κ2) is 8.41. The van der Waals surface area contributed by atoms with Gasteiger partial charge < -0.3 is 4.74 Å². The molecule has 0 saturated heterocycles. The molecule has 0 unspecified atom stereocenters. The third-order valence-corrected chi connectivity index (χ3v) is 6.51. The lowest BCUT2D eigenvalue weighted by Gasteiger charge is -2.07. The first-order valence-corrected chi connectivity index (χ1v) is 11.2. The van der Waals surface area contributed by atoms with Crippen LogP contribution in [0.3, 0.4) is 0 Å². The van der Waals surface area contributed by atoms with Gasteiger partial charge in [-0.2, -0.15) is 5.10 Å². The summed E-state index contributed by atoms with van der Waals surface area (Å²) in [4.78, 5) is 17.8. The third kappa shape index (κ3) is 4.44. The van der Waals surface area contributed by atoms with Gasteiger partial charge >= 0.3 is 0 Å². The molecule has 0 saturated carbocycles. The van der Waals surface area contributed by atoms with Crippen molar-refractivity contribution >= 4 is 33.7 Å². The molecule has 0 aliphatic rings. The van der Waals surface area contributed by atoms with Crippen LogP contribution >= 0.6 is 22.7 Å². The third-order valence-electron chi connectivity index (χ3n) is 4.78. The Morgan fingerprint density at radius 1 is 1.13 bits per heavy atom. The summed E-state index contributed by atoms with van der Waals surface area (Å²) in [5.74, 6) is 0.664. The molecule has 30 heavy (non-hydrogen) atoms. The number of carbonyl (C=O) groups excluding carboxylic acids is 1. The van der Waals surface area contributed by atoms with E-state index in [9.17, 15) is 4.79 Å². The van der Waals surface area contributed by atoms with Crippen molar-refractivity contribution in [3.8, 4) is 17.0 Å². The fourth-order valence-corrected chi connectivity index (χ4v) is 4.50. The smallest absolute Gasteiger partial charge is 0.267 e. The van der Waals surface area contributed by atoms with Crippen LogP contribution in [-0.2, 0) is 13.7 Å². The molecule has 6 nitrogen and oxygen atoms in total. The molecule has 1 aromatic carbocycles. The van der Waals surface area contributed by atoms with Crippen LogP contribution < -0.4 is 10.1 Å². The van der Waals surface area contributed by atoms with Crippen LogP contribution in [-0.4, -0.2) is 20.7 Å². The number of carbonyl (C=O) groups is 1. The maximum Gasteiger partial charge on any atom is 0.267 e. The predicted molar refractivity (Wildman–Crippen MR) is 122 cm³/mol. The summed E-state index contributed by atoms with van der Waals surface area (Å²) in [5.41, 5.74) is 6.09. The van der Waals surface area contributed by atoms with E-state index in [1.54, 1.807) is 4.68 Å². The highest BCUT2D eigenvalue weighted by Crippen LogP contribution is 2.27. The molecule has 0 atom stereocenters. The van der Waals surface area contributed by atoms with Crippen molar-refractivity contribution in [2.75, 3.05) is 5.32 Å². The fourth-order valence-electron chi connectivity index (χ4n) is 3.01. The Bertz CT molecular complexity index is 1210. The van der Waals surface area contributed by atoms with E-state index < -0.39 is 0 Å². The number of amides is 1. The van der Waals surface area contributed by atoms with Gasteiger partial charge in [0, 0.05) is 29.8 Å². The van der Waals surface area contributed by atoms with Gasteiger partial charge in [0.15, 0.2) is 5.13 Å². The van der Waals surface area contributed by atoms with Gasteiger partial charge in [-0.25, -0.2) is 4.98 Å². The monoisotopic (exact) mass is 438 g/mol. The van der Waals surface area contributed by atoms with Crippen molar-refractivity contribution in [3.05, 3.63) is 68.5 Å². The Kier molecular flexibility index (Phi) is 5.69. The van der Waals surface area contributed by atoms with Gasteiger partial charge in [-0.15, -0.1) is 22.7 Å². The summed E-state index contributed by atoms with van der Waals surface area (Å²) in [7, 11) is 1.88. The van der Waals surface area contributed by atoms with Crippen LogP contribution in [0.5, 0.6) is 5.75 Å². The highest BCUT2D eigenvalue weighted by Gasteiger charge is 2.14. The molecule has 0 bridgehead atoms. The number of hydrogen-bond acceptors (Lipinski definition) is 6. The topological polar surface area (TPSA) is 69.0 Å². The normalized spacial score (nSPS) is 10.9. The van der Waals surface area contributed by atoms with Gasteiger partial charge in [0.25, 0.3) is 5.91 Å². The zero-order valence-corrected chi connectivity index (χ0v) is 18.9. The first-order valence-electron chi connectivity index (χ1n) is 9.44. The van der Waals surface area contributed by atoms with Crippen LogP contribution in [0.2, 0.25) is 0 Å². The zero-order chi connectivity index (χ0) is 21.3. The number of benzene rings is 1. The number of nitrogens with one attached hydrogen (secondary N) is 1. The Morgan fingerprint density at radius 2 is 1.97 bits per heavy atom. The first kappa shape index (κ1) is 20.3. The van der Waals surface area contributed by atoms with E-state index in [1.807, 2.05) is 55.2 Å². The van der Waals surface area contributed by atoms with Crippen molar-refractivity contribution < 1.29 is 9.53 Å². The summed E-state index contributed by atoms with van der Waals surface area (Å²) in [6, 6.07) is 7.90. The Hall–Kier alpha value is -2.97. The highest BCUT2D eigenvalue weighted by atomic mass is 32.1. The number of aromatic nitrogens is 3. The van der Waals surface area contributed by atoms with Gasteiger partial charge in [-0.05, 0) is 55.5 Å². The van der Waals surface area contributed by atoms with Crippen LogP contribution in [0.4, 0.5) is 5.13 Å². The van der Waals surface area contributed by atoms with Gasteiger partial charge in [0.1, 0.15) is 12.4 Å². The van der Waals surface area contributed by atoms with E-state index in [0.717, 1.165) is 28.3 Å². The summed E-state index contributed by atoms with van der Waals surface area (Å²) in [6.07, 6.45) is 1.93. The summed E-state index contributed by atoms with van der Waals surface area (Å²) in [5, 5.41) is 11.7. The number of aryl methyl sites for hydroxylation is 4. The molecule has 0 aliphatic heterocycles. The van der Waals surface area contributed by atoms with Crippen LogP contribution in [0.1, 0.15) is 32.1 Å². The van der Waals surface area contributed by atoms with E-state index in [0.29, 0.717) is 16.6 Å². The number of thiazole rings is 1. The lowest BCUT2D eigenvalue weighted by atomic mass is 10.1. The van der Waals surface area contributed by atoms with Gasteiger partial charge in [0.05, 0.1) is 16.3 Å². The Morgan fingerprint density at radius 3 is 2.70 bits per heavy atom. The number of anilines is 1. The number of nitrogens with zero attached hydrogens (tertiary/aromatic N) is 3. The minimum Gasteiger partial charge on any atom is -0.489 e. The first-order chi connectivity index (χ1) is 14.4. The van der Waals surface area contributed by atoms with Gasteiger partial charge in [-0.3, -0.25) is 14.8 Å². The second-order valence-electron chi connectivity index (χ2n) is 7.15. The van der Waals surface area contributed by atoms with E-state index in [-0.39, 0.29) is 5.91 Å². The van der Waals surface area contributed by atoms with Crippen molar-refractivity contribution in [1.82, 2.24) is 14.8 Å². The zero-order valence-electron chi connectivity index (χ0n) is 17.2. The Labute approximate surface area is 183 Å². The molecule has 0 aliphatic carbocycles. The lowest BCUT2D eigenvalue weighted by Crippen LogP contribution is -2.09. The largest absolute Gasteiger partial charge is 0.489 e. The van der Waals surface area contributed by atoms with Crippen molar-refractivity contribution in [2.45, 2.75) is 27.4 Å². The van der Waals surface area contributed by atoms with E-state index >= 15 is 0 Å². The van der Waals surface area contributed by atoms with Crippen LogP contribution in [0.15, 0.2) is 41.2 Å². The van der Waals surface area contributed by atoms with E-state index in [2.05, 4.69) is 29.2 Å². The fraction of sp³-hybridized carbons (Fsp3) is 0.227. The SMILES string of the molecule is Cc1ccc(OCc2csc(C(=O)Nc3nc(-c4cn(C)nc4C)cs3)c2)cc1C. The molecule has 3 heterocycles. The molecule has 3 aromatic heterocycles. The molecular formula is C22H22N4O2S2. The van der Waals surface area contributed by atoms with Gasteiger partial charge in [-0.1, -0.05) is 6.07 Å². The molecule has 8 heteroatoms. The van der Waals surface area contributed by atoms with Crippen molar-refractivity contribution in [1.29, 1.82) is 0 Å². The van der Waals surface area contributed by atoms with Crippen LogP contribution in [0, 0.1) is 20.8 Å². The maximum absolute atomic E-state index is 12.6. The number of hydrogen-bond donors (Lipinski definition) is 1. The molecule has 1 N–H and O–H groups in total. The van der Waals surface area contributed by atoms with Crippen LogP contribution in [0.25, 0.3) is 11.3 Å². The molecule has 154 valence electrons. The predicted octanol–water partition coefficient (Wildman–Crippen LogP) is 5.36. The maximum atomic E-state index is 12.6. The lowest BCUT2D eigenvalue weighted by molar-refractivity contribution is 0.103. The van der Waals surface area contributed by atoms with Gasteiger partial charge in [0.2, 0.25) is 0 Å². The standard InChI is InChI=1S/C22H22N4O2S2/c1-13-5-6-17(7-14(13)2)28-10-16-8-20(29-11-16)21(27)24-22-23-19(12-30-22)18-9-26(4)25-15(18)3/h5-9,11-12H,10H2,1-4H3,(H,23,24,27). The molecule has 0 fully saturated rings. The summed E-state index contributed by atoms with van der Waals surface area (Å²) in [6.45, 7) is 6.51. The number of ether oxygens (including phenoxy) is 1. The molecule has 4 rings (SSSR count). The highest BCUT2D eigenvalue weighted by molar-refractivity contribution is 7.14. The number of thiophene rings is 1. The van der Waals surface area contributed by atoms with E-state index in [1.165, 1.54) is 33.8 Å². The quantitative estimate of drug-likeness (QED) is 0.440. The van der Waals surface area contributed by atoms with Crippen molar-refractivity contribution in [2.24, 2.45) is 7.05 Å². The Balaban J connectivity index is 1.38. The molecular weight excluding hydrogens is 416 g/mol.